The lowest BCUT2D eigenvalue weighted by molar-refractivity contribution is -0.117. The minimum absolute atomic E-state index is 0.00935. The van der Waals surface area contributed by atoms with Crippen molar-refractivity contribution in [3.05, 3.63) is 29.8 Å². The molecular formula is C15H22N2O2. The van der Waals surface area contributed by atoms with Crippen LogP contribution < -0.4 is 5.32 Å². The average molecular weight is 262 g/mol. The molecule has 2 atom stereocenters. The Morgan fingerprint density at radius 2 is 2.16 bits per heavy atom. The molecule has 0 aromatic heterocycles. The summed E-state index contributed by atoms with van der Waals surface area (Å²) in [5.41, 5.74) is 2.01. The summed E-state index contributed by atoms with van der Waals surface area (Å²) < 4.78 is 0. The van der Waals surface area contributed by atoms with Crippen molar-refractivity contribution in [2.75, 3.05) is 25.0 Å². The van der Waals surface area contributed by atoms with Crippen LogP contribution in [0.5, 0.6) is 0 Å². The van der Waals surface area contributed by atoms with Gasteiger partial charge in [-0.3, -0.25) is 9.69 Å². The second kappa shape index (κ2) is 6.17. The van der Waals surface area contributed by atoms with E-state index in [4.69, 9.17) is 0 Å². The Balaban J connectivity index is 1.80. The molecule has 1 saturated heterocycles. The normalized spacial score (nSPS) is 21.3. The Labute approximate surface area is 114 Å². The highest BCUT2D eigenvalue weighted by Crippen LogP contribution is 2.19. The fourth-order valence-electron chi connectivity index (χ4n) is 2.44. The van der Waals surface area contributed by atoms with Crippen molar-refractivity contribution < 1.29 is 9.90 Å². The van der Waals surface area contributed by atoms with E-state index in [0.717, 1.165) is 25.2 Å². The zero-order valence-corrected chi connectivity index (χ0v) is 11.6. The Hall–Kier alpha value is -1.39. The molecule has 4 heteroatoms. The number of nitrogens with one attached hydrogen (secondary N) is 1. The number of hydrogen-bond acceptors (Lipinski definition) is 3. The van der Waals surface area contributed by atoms with E-state index in [2.05, 4.69) is 10.2 Å². The number of hydrogen-bond donors (Lipinski definition) is 2. The van der Waals surface area contributed by atoms with E-state index in [0.29, 0.717) is 12.5 Å². The molecule has 0 radical (unpaired) electrons. The number of aryl methyl sites for hydroxylation is 1. The zero-order chi connectivity index (χ0) is 13.8. The van der Waals surface area contributed by atoms with Crippen LogP contribution in [-0.4, -0.2) is 41.7 Å². The minimum atomic E-state index is -0.287. The van der Waals surface area contributed by atoms with E-state index < -0.39 is 0 Å². The molecule has 1 aliphatic heterocycles. The van der Waals surface area contributed by atoms with E-state index >= 15 is 0 Å². The molecule has 1 fully saturated rings. The lowest BCUT2D eigenvalue weighted by Gasteiger charge is -2.17. The smallest absolute Gasteiger partial charge is 0.238 e. The van der Waals surface area contributed by atoms with E-state index in [-0.39, 0.29) is 12.0 Å². The van der Waals surface area contributed by atoms with Gasteiger partial charge in [-0.15, -0.1) is 0 Å². The SMILES string of the molecule is Cc1ccc(NC(=O)CN2CCC(C(C)O)C2)cc1. The summed E-state index contributed by atoms with van der Waals surface area (Å²) in [7, 11) is 0. The van der Waals surface area contributed by atoms with Crippen molar-refractivity contribution in [3.63, 3.8) is 0 Å². The van der Waals surface area contributed by atoms with Crippen molar-refractivity contribution >= 4 is 11.6 Å². The number of likely N-dealkylation sites (tertiary alicyclic amines) is 1. The summed E-state index contributed by atoms with van der Waals surface area (Å²) in [6.07, 6.45) is 0.681. The van der Waals surface area contributed by atoms with E-state index in [1.165, 1.54) is 5.56 Å². The fraction of sp³-hybridized carbons (Fsp3) is 0.533. The summed E-state index contributed by atoms with van der Waals surface area (Å²) in [4.78, 5) is 14.0. The zero-order valence-electron chi connectivity index (χ0n) is 11.6. The van der Waals surface area contributed by atoms with Gasteiger partial charge >= 0.3 is 0 Å². The first kappa shape index (κ1) is 14.0. The highest BCUT2D eigenvalue weighted by Gasteiger charge is 2.26. The molecule has 1 aliphatic rings. The standard InChI is InChI=1S/C15H22N2O2/c1-11-3-5-14(6-4-11)16-15(19)10-17-8-7-13(9-17)12(2)18/h3-6,12-13,18H,7-10H2,1-2H3,(H,16,19). The number of amides is 1. The maximum atomic E-state index is 11.9. The van der Waals surface area contributed by atoms with E-state index in [1.807, 2.05) is 38.1 Å². The van der Waals surface area contributed by atoms with Crippen molar-refractivity contribution in [2.45, 2.75) is 26.4 Å². The summed E-state index contributed by atoms with van der Waals surface area (Å²) in [5.74, 6) is 0.308. The molecule has 19 heavy (non-hydrogen) atoms. The number of anilines is 1. The first-order valence-corrected chi connectivity index (χ1v) is 6.81. The molecule has 0 aliphatic carbocycles. The lowest BCUT2D eigenvalue weighted by Crippen LogP contribution is -2.32. The van der Waals surface area contributed by atoms with Crippen LogP contribution in [0.2, 0.25) is 0 Å². The number of benzene rings is 1. The van der Waals surface area contributed by atoms with Crippen LogP contribution in [-0.2, 0) is 4.79 Å². The third-order valence-corrected chi connectivity index (χ3v) is 3.69. The molecular weight excluding hydrogens is 240 g/mol. The second-order valence-corrected chi connectivity index (χ2v) is 5.44. The van der Waals surface area contributed by atoms with Crippen LogP contribution in [0, 0.1) is 12.8 Å². The van der Waals surface area contributed by atoms with Crippen LogP contribution in [0.4, 0.5) is 5.69 Å². The minimum Gasteiger partial charge on any atom is -0.393 e. The molecule has 0 spiro atoms. The Morgan fingerprint density at radius 3 is 2.74 bits per heavy atom. The van der Waals surface area contributed by atoms with Gasteiger partial charge in [-0.05, 0) is 44.9 Å². The first-order valence-electron chi connectivity index (χ1n) is 6.81. The van der Waals surface area contributed by atoms with Gasteiger partial charge in [-0.25, -0.2) is 0 Å². The molecule has 1 aromatic carbocycles. The van der Waals surface area contributed by atoms with E-state index in [1.54, 1.807) is 0 Å². The molecule has 2 N–H and O–H groups in total. The first-order chi connectivity index (χ1) is 9.04. The molecule has 4 nitrogen and oxygen atoms in total. The second-order valence-electron chi connectivity index (χ2n) is 5.44. The van der Waals surface area contributed by atoms with Crippen LogP contribution in [0.1, 0.15) is 18.9 Å². The maximum absolute atomic E-state index is 11.9. The number of rotatable bonds is 4. The average Bonchev–Trinajstić information content (AvgIpc) is 2.80. The van der Waals surface area contributed by atoms with E-state index in [9.17, 15) is 9.90 Å². The Kier molecular flexibility index (Phi) is 4.56. The number of aliphatic hydroxyl groups excluding tert-OH is 1. The lowest BCUT2D eigenvalue weighted by atomic mass is 10.0. The van der Waals surface area contributed by atoms with Gasteiger partial charge < -0.3 is 10.4 Å². The van der Waals surface area contributed by atoms with Crippen LogP contribution >= 0.6 is 0 Å². The number of carbonyl (C=O) groups is 1. The Bertz CT molecular complexity index is 428. The molecule has 0 bridgehead atoms. The van der Waals surface area contributed by atoms with Gasteiger partial charge in [0.25, 0.3) is 0 Å². The quantitative estimate of drug-likeness (QED) is 0.867. The highest BCUT2D eigenvalue weighted by molar-refractivity contribution is 5.92. The number of aliphatic hydroxyl groups is 1. The van der Waals surface area contributed by atoms with Gasteiger partial charge in [-0.1, -0.05) is 17.7 Å². The maximum Gasteiger partial charge on any atom is 0.238 e. The molecule has 1 amide bonds. The molecule has 1 heterocycles. The summed E-state index contributed by atoms with van der Waals surface area (Å²) >= 11 is 0. The topological polar surface area (TPSA) is 52.6 Å². The Morgan fingerprint density at radius 1 is 1.47 bits per heavy atom. The van der Waals surface area contributed by atoms with Crippen LogP contribution in [0.15, 0.2) is 24.3 Å². The van der Waals surface area contributed by atoms with Crippen molar-refractivity contribution in [2.24, 2.45) is 5.92 Å². The molecule has 0 saturated carbocycles. The predicted octanol–water partition coefficient (Wildman–Crippen LogP) is 1.64. The number of nitrogens with zero attached hydrogens (tertiary/aromatic N) is 1. The van der Waals surface area contributed by atoms with Crippen LogP contribution in [0.3, 0.4) is 0 Å². The van der Waals surface area contributed by atoms with Gasteiger partial charge in [0.1, 0.15) is 0 Å². The van der Waals surface area contributed by atoms with Gasteiger partial charge in [0, 0.05) is 12.2 Å². The van der Waals surface area contributed by atoms with Crippen molar-refractivity contribution in [1.29, 1.82) is 0 Å². The molecule has 104 valence electrons. The molecule has 2 unspecified atom stereocenters. The summed E-state index contributed by atoms with van der Waals surface area (Å²) in [6.45, 7) is 5.93. The largest absolute Gasteiger partial charge is 0.393 e. The predicted molar refractivity (Wildman–Crippen MR) is 76.0 cm³/mol. The van der Waals surface area contributed by atoms with Crippen LogP contribution in [0.25, 0.3) is 0 Å². The van der Waals surface area contributed by atoms with Gasteiger partial charge in [0.05, 0.1) is 12.6 Å². The van der Waals surface area contributed by atoms with Gasteiger partial charge in [0.2, 0.25) is 5.91 Å². The number of carbonyl (C=O) groups excluding carboxylic acids is 1. The monoisotopic (exact) mass is 262 g/mol. The molecule has 1 aromatic rings. The molecule has 2 rings (SSSR count). The van der Waals surface area contributed by atoms with Crippen molar-refractivity contribution in [3.8, 4) is 0 Å². The van der Waals surface area contributed by atoms with Crippen molar-refractivity contribution in [1.82, 2.24) is 4.90 Å². The van der Waals surface area contributed by atoms with Gasteiger partial charge in [0.15, 0.2) is 0 Å². The fourth-order valence-corrected chi connectivity index (χ4v) is 2.44. The summed E-state index contributed by atoms with van der Waals surface area (Å²) in [6, 6.07) is 7.79. The third kappa shape index (κ3) is 4.04. The summed E-state index contributed by atoms with van der Waals surface area (Å²) in [5, 5.41) is 12.4. The van der Waals surface area contributed by atoms with Gasteiger partial charge in [-0.2, -0.15) is 0 Å². The highest BCUT2D eigenvalue weighted by atomic mass is 16.3. The third-order valence-electron chi connectivity index (χ3n) is 3.69.